The van der Waals surface area contributed by atoms with Gasteiger partial charge >= 0.3 is 0 Å². The van der Waals surface area contributed by atoms with E-state index in [1.54, 1.807) is 25.4 Å². The predicted octanol–water partition coefficient (Wildman–Crippen LogP) is 3.79. The van der Waals surface area contributed by atoms with E-state index in [4.69, 9.17) is 0 Å². The van der Waals surface area contributed by atoms with Crippen molar-refractivity contribution in [2.45, 2.75) is 33.4 Å². The molecule has 0 saturated carbocycles. The normalized spacial score (nSPS) is 12.5. The first-order valence-electron chi connectivity index (χ1n) is 10.5. The van der Waals surface area contributed by atoms with Crippen molar-refractivity contribution in [1.82, 2.24) is 20.3 Å². The Morgan fingerprint density at radius 3 is 2.71 bits per heavy atom. The molecule has 0 unspecified atom stereocenters. The van der Waals surface area contributed by atoms with E-state index in [0.717, 1.165) is 36.3 Å². The van der Waals surface area contributed by atoms with E-state index < -0.39 is 10.0 Å². The number of benzene rings is 1. The quantitative estimate of drug-likeness (QED) is 0.350. The number of nitrogens with one attached hydrogen (secondary N) is 4. The van der Waals surface area contributed by atoms with Gasteiger partial charge in [-0.3, -0.25) is 4.72 Å². The summed E-state index contributed by atoms with van der Waals surface area (Å²) in [5, 5.41) is 9.93. The van der Waals surface area contributed by atoms with Crippen molar-refractivity contribution in [2.24, 2.45) is 0 Å². The third-order valence-corrected chi connectivity index (χ3v) is 6.55. The van der Waals surface area contributed by atoms with Crippen molar-refractivity contribution < 1.29 is 8.42 Å². The first-order chi connectivity index (χ1) is 15.4. The number of pyridine rings is 1. The van der Waals surface area contributed by atoms with Crippen LogP contribution in [0.25, 0.3) is 0 Å². The minimum Gasteiger partial charge on any atom is -0.365 e. The lowest BCUT2D eigenvalue weighted by molar-refractivity contribution is 0.602. The Bertz CT molecular complexity index is 1230. The van der Waals surface area contributed by atoms with E-state index in [-0.39, 0.29) is 30.6 Å². The zero-order valence-corrected chi connectivity index (χ0v) is 21.4. The van der Waals surface area contributed by atoms with Crippen LogP contribution >= 0.6 is 24.8 Å². The van der Waals surface area contributed by atoms with Crippen LogP contribution in [0.5, 0.6) is 0 Å². The fraction of sp³-hybridized carbons (Fsp3) is 0.318. The first kappa shape index (κ1) is 27.6. The lowest BCUT2D eigenvalue weighted by Crippen LogP contribution is -2.23. The lowest BCUT2D eigenvalue weighted by atomic mass is 10.0. The van der Waals surface area contributed by atoms with Crippen molar-refractivity contribution >= 4 is 58.1 Å². The molecule has 1 aliphatic rings. The Labute approximate surface area is 212 Å². The monoisotopic (exact) mass is 525 g/mol. The van der Waals surface area contributed by atoms with Crippen molar-refractivity contribution in [3.8, 4) is 0 Å². The number of anilines is 4. The second-order valence-corrected chi connectivity index (χ2v) is 9.64. The highest BCUT2D eigenvalue weighted by atomic mass is 35.5. The molecule has 3 aromatic rings. The van der Waals surface area contributed by atoms with Crippen LogP contribution in [0.1, 0.15) is 29.2 Å². The maximum Gasteiger partial charge on any atom is 0.233 e. The molecule has 0 spiro atoms. The largest absolute Gasteiger partial charge is 0.365 e. The molecular weight excluding hydrogens is 497 g/mol. The summed E-state index contributed by atoms with van der Waals surface area (Å²) in [6.45, 7) is 5.74. The molecule has 12 heteroatoms. The zero-order valence-electron chi connectivity index (χ0n) is 19.0. The Kier molecular flexibility index (Phi) is 9.87. The Hall–Kier alpha value is -2.66. The average molecular weight is 526 g/mol. The van der Waals surface area contributed by atoms with Gasteiger partial charge in [0.05, 0.1) is 5.75 Å². The number of hydrogen-bond donors (Lipinski definition) is 4. The highest BCUT2D eigenvalue weighted by molar-refractivity contribution is 7.92. The number of nitrogens with zero attached hydrogens (tertiary/aromatic N) is 3. The van der Waals surface area contributed by atoms with E-state index in [2.05, 4.69) is 47.8 Å². The van der Waals surface area contributed by atoms with Gasteiger partial charge in [0, 0.05) is 42.3 Å². The lowest BCUT2D eigenvalue weighted by Gasteiger charge is -2.18. The Balaban J connectivity index is 0.00000204. The van der Waals surface area contributed by atoms with Gasteiger partial charge in [0.25, 0.3) is 0 Å². The van der Waals surface area contributed by atoms with E-state index in [1.165, 1.54) is 11.1 Å². The van der Waals surface area contributed by atoms with E-state index in [1.807, 2.05) is 19.1 Å². The molecule has 2 aromatic heterocycles. The molecular formula is C22H29Cl2N7O2S. The summed E-state index contributed by atoms with van der Waals surface area (Å²) in [6.07, 6.45) is 4.31. The Morgan fingerprint density at radius 1 is 1.09 bits per heavy atom. The van der Waals surface area contributed by atoms with Crippen LogP contribution in [-0.2, 0) is 29.5 Å². The van der Waals surface area contributed by atoms with Gasteiger partial charge in [-0.25, -0.2) is 18.4 Å². The molecule has 184 valence electrons. The van der Waals surface area contributed by atoms with Crippen molar-refractivity contribution in [3.05, 3.63) is 65.0 Å². The topological polar surface area (TPSA) is 121 Å². The van der Waals surface area contributed by atoms with Gasteiger partial charge in [0.1, 0.15) is 11.6 Å². The van der Waals surface area contributed by atoms with Gasteiger partial charge in [0.2, 0.25) is 16.0 Å². The van der Waals surface area contributed by atoms with Crippen LogP contribution in [0, 0.1) is 6.92 Å². The van der Waals surface area contributed by atoms with E-state index in [9.17, 15) is 8.42 Å². The third kappa shape index (κ3) is 6.92. The van der Waals surface area contributed by atoms with Gasteiger partial charge in [-0.15, -0.1) is 24.8 Å². The molecule has 3 heterocycles. The number of fused-ring (bicyclic) bond motifs is 1. The van der Waals surface area contributed by atoms with Crippen LogP contribution in [0.3, 0.4) is 0 Å². The summed E-state index contributed by atoms with van der Waals surface area (Å²) in [5.41, 5.74) is 5.20. The molecule has 9 nitrogen and oxygen atoms in total. The Morgan fingerprint density at radius 2 is 1.91 bits per heavy atom. The molecule has 34 heavy (non-hydrogen) atoms. The number of aromatic nitrogens is 3. The molecule has 0 atom stereocenters. The second kappa shape index (κ2) is 12.2. The molecule has 0 radical (unpaired) electrons. The summed E-state index contributed by atoms with van der Waals surface area (Å²) in [4.78, 5) is 13.2. The maximum atomic E-state index is 12.0. The number of sulfonamides is 1. The molecule has 4 N–H and O–H groups in total. The number of rotatable bonds is 8. The molecule has 1 aromatic carbocycles. The van der Waals surface area contributed by atoms with E-state index >= 15 is 0 Å². The van der Waals surface area contributed by atoms with Crippen molar-refractivity contribution in [2.75, 3.05) is 27.7 Å². The molecule has 0 amide bonds. The van der Waals surface area contributed by atoms with Crippen LogP contribution < -0.4 is 20.7 Å². The predicted molar refractivity (Wildman–Crippen MR) is 141 cm³/mol. The summed E-state index contributed by atoms with van der Waals surface area (Å²) in [6, 6.07) is 9.90. The van der Waals surface area contributed by atoms with Gasteiger partial charge in [-0.2, -0.15) is 4.98 Å². The highest BCUT2D eigenvalue weighted by Gasteiger charge is 2.13. The van der Waals surface area contributed by atoms with Gasteiger partial charge < -0.3 is 16.0 Å². The summed E-state index contributed by atoms with van der Waals surface area (Å²) < 4.78 is 26.4. The minimum absolute atomic E-state index is 0. The van der Waals surface area contributed by atoms with Crippen LogP contribution in [0.4, 0.5) is 23.3 Å². The van der Waals surface area contributed by atoms with Crippen molar-refractivity contribution in [1.29, 1.82) is 0 Å². The molecule has 1 aliphatic heterocycles. The molecule has 0 saturated heterocycles. The summed E-state index contributed by atoms with van der Waals surface area (Å²) in [5.74, 6) is 1.45. The van der Waals surface area contributed by atoms with Crippen LogP contribution in [0.2, 0.25) is 0 Å². The number of halogens is 2. The number of aryl methyl sites for hydroxylation is 1. The van der Waals surface area contributed by atoms with Gasteiger partial charge in [-0.1, -0.05) is 12.1 Å². The molecule has 4 rings (SSSR count). The standard InChI is InChI=1S/C22H27N7O2S.2ClH/c1-3-32(30,31)29-21-18(5-4-9-24-21)14-25-20-15(2)12-26-22(28-20)27-19-7-6-17-13-23-10-8-16(17)11-19;;/h4-7,9,11-12,23H,3,8,10,13-14H2,1-2H3,(H,24,29)(H2,25,26,27,28);2*1H. The van der Waals surface area contributed by atoms with Crippen LogP contribution in [-0.4, -0.2) is 35.7 Å². The van der Waals surface area contributed by atoms with Gasteiger partial charge in [0.15, 0.2) is 0 Å². The van der Waals surface area contributed by atoms with Crippen molar-refractivity contribution in [3.63, 3.8) is 0 Å². The molecule has 0 fully saturated rings. The smallest absolute Gasteiger partial charge is 0.233 e. The zero-order chi connectivity index (χ0) is 22.6. The fourth-order valence-electron chi connectivity index (χ4n) is 3.44. The summed E-state index contributed by atoms with van der Waals surface area (Å²) in [7, 11) is -3.41. The molecule has 0 aliphatic carbocycles. The third-order valence-electron chi connectivity index (χ3n) is 5.29. The minimum atomic E-state index is -3.41. The summed E-state index contributed by atoms with van der Waals surface area (Å²) >= 11 is 0. The highest BCUT2D eigenvalue weighted by Crippen LogP contribution is 2.23. The first-order valence-corrected chi connectivity index (χ1v) is 12.2. The second-order valence-electron chi connectivity index (χ2n) is 7.63. The fourth-order valence-corrected chi connectivity index (χ4v) is 4.06. The molecule has 0 bridgehead atoms. The number of hydrogen-bond acceptors (Lipinski definition) is 8. The maximum absolute atomic E-state index is 12.0. The average Bonchev–Trinajstić information content (AvgIpc) is 2.80. The van der Waals surface area contributed by atoms with E-state index in [0.29, 0.717) is 24.1 Å². The SMILES string of the molecule is CCS(=O)(=O)Nc1ncccc1CNc1nc(Nc2ccc3c(c2)CCNC3)ncc1C.Cl.Cl. The van der Waals surface area contributed by atoms with Crippen LogP contribution in [0.15, 0.2) is 42.7 Å². The van der Waals surface area contributed by atoms with Gasteiger partial charge in [-0.05, 0) is 56.1 Å².